The van der Waals surface area contributed by atoms with Gasteiger partial charge in [-0.2, -0.15) is 0 Å². The Labute approximate surface area is 91.4 Å². The minimum absolute atomic E-state index is 0. The fourth-order valence-corrected chi connectivity index (χ4v) is 1.96. The summed E-state index contributed by atoms with van der Waals surface area (Å²) in [6.45, 7) is 1.93. The van der Waals surface area contributed by atoms with E-state index < -0.39 is 0 Å². The van der Waals surface area contributed by atoms with Crippen LogP contribution in [-0.4, -0.2) is 20.1 Å². The number of aliphatic hydroxyl groups is 1. The number of hydrogen-bond donors (Lipinski definition) is 1. The second-order valence-electron chi connectivity index (χ2n) is 1.50. The van der Waals surface area contributed by atoms with E-state index in [0.29, 0.717) is 0 Å². The number of halogens is 1. The van der Waals surface area contributed by atoms with Gasteiger partial charge in [-0.15, -0.1) is 11.8 Å². The van der Waals surface area contributed by atoms with E-state index in [1.165, 1.54) is 11.8 Å². The van der Waals surface area contributed by atoms with Crippen LogP contribution in [0.2, 0.25) is 0 Å². The number of aliphatic hydroxyl groups excluding tert-OH is 1. The molecule has 0 saturated heterocycles. The third kappa shape index (κ3) is 6.07. The summed E-state index contributed by atoms with van der Waals surface area (Å²) < 4.78 is 0.120. The summed E-state index contributed by atoms with van der Waals surface area (Å²) in [7, 11) is 0. The van der Waals surface area contributed by atoms with E-state index in [2.05, 4.69) is 0 Å². The summed E-state index contributed by atoms with van der Waals surface area (Å²) in [6, 6.07) is 0. The van der Waals surface area contributed by atoms with Crippen molar-refractivity contribution in [1.29, 1.82) is 0 Å². The van der Waals surface area contributed by atoms with Crippen molar-refractivity contribution in [3.63, 3.8) is 0 Å². The third-order valence-corrected chi connectivity index (χ3v) is 3.17. The second-order valence-corrected chi connectivity index (χ2v) is 3.72. The van der Waals surface area contributed by atoms with Crippen LogP contribution in [0.1, 0.15) is 13.3 Å². The molecular formula is C5H9IO2SZn. The van der Waals surface area contributed by atoms with Crippen LogP contribution in [0.5, 0.6) is 0 Å². The summed E-state index contributed by atoms with van der Waals surface area (Å²) in [5.74, 6) is 0.0350. The summed E-state index contributed by atoms with van der Waals surface area (Å²) in [5, 5.41) is 8.41. The van der Waals surface area contributed by atoms with Crippen LogP contribution in [0, 0.1) is 0 Å². The average molecular weight is 325 g/mol. The maximum absolute atomic E-state index is 10.6. The second kappa shape index (κ2) is 8.43. The fourth-order valence-electron chi connectivity index (χ4n) is 0.434. The maximum Gasteiger partial charge on any atom is 0.205 e. The van der Waals surface area contributed by atoms with Gasteiger partial charge < -0.3 is 5.11 Å². The first-order valence-electron chi connectivity index (χ1n) is 2.64. The van der Waals surface area contributed by atoms with E-state index in [1.54, 1.807) is 22.6 Å². The van der Waals surface area contributed by atoms with Crippen molar-refractivity contribution in [3.8, 4) is 0 Å². The van der Waals surface area contributed by atoms with E-state index in [-0.39, 0.29) is 34.5 Å². The van der Waals surface area contributed by atoms with Crippen molar-refractivity contribution in [3.05, 3.63) is 0 Å². The molecule has 5 heteroatoms. The molecule has 0 aromatic heterocycles. The molecule has 0 radical (unpaired) electrons. The zero-order chi connectivity index (χ0) is 7.28. The molecule has 10 heavy (non-hydrogen) atoms. The summed E-state index contributed by atoms with van der Waals surface area (Å²) in [6.07, 6.45) is 0.799. The van der Waals surface area contributed by atoms with Crippen LogP contribution in [0.25, 0.3) is 0 Å². The molecule has 0 heterocycles. The first-order valence-corrected chi connectivity index (χ1v) is 4.77. The van der Waals surface area contributed by atoms with E-state index in [1.807, 2.05) is 6.92 Å². The molecule has 0 aliphatic rings. The van der Waals surface area contributed by atoms with Gasteiger partial charge in [0, 0.05) is 42.1 Å². The molecule has 0 aliphatic carbocycles. The normalized spacial score (nSPS) is 11.9. The van der Waals surface area contributed by atoms with Gasteiger partial charge in [0.1, 0.15) is 0 Å². The molecule has 0 aromatic rings. The van der Waals surface area contributed by atoms with Crippen LogP contribution in [0.4, 0.5) is 0 Å². The topological polar surface area (TPSA) is 37.3 Å². The summed E-state index contributed by atoms with van der Waals surface area (Å²) >= 11 is 3.04. The summed E-state index contributed by atoms with van der Waals surface area (Å²) in [4.78, 5) is 10.6. The Morgan fingerprint density at radius 2 is 2.30 bits per heavy atom. The molecule has 0 amide bonds. The van der Waals surface area contributed by atoms with Crippen molar-refractivity contribution >= 4 is 38.1 Å². The molecule has 0 spiro atoms. The molecule has 1 atom stereocenters. The van der Waals surface area contributed by atoms with Gasteiger partial charge in [0.05, 0.1) is 11.2 Å². The Hall–Kier alpha value is 1.33. The van der Waals surface area contributed by atoms with E-state index in [4.69, 9.17) is 5.11 Å². The Bertz CT molecular complexity index is 102. The van der Waals surface area contributed by atoms with Gasteiger partial charge in [0.25, 0.3) is 0 Å². The predicted octanol–water partition coefficient (Wildman–Crippen LogP) is 1.41. The number of thioether (sulfide) groups is 1. The van der Waals surface area contributed by atoms with Crippen LogP contribution < -0.4 is 0 Å². The first-order chi connectivity index (χ1) is 4.22. The predicted molar refractivity (Wildman–Crippen MR) is 47.8 cm³/mol. The molecule has 0 aliphatic heterocycles. The van der Waals surface area contributed by atoms with Crippen molar-refractivity contribution in [1.82, 2.24) is 0 Å². The molecule has 56 valence electrons. The Balaban J connectivity index is 0. The minimum Gasteiger partial charge on any atom is -0.386 e. The number of hydrogen-bond acceptors (Lipinski definition) is 3. The van der Waals surface area contributed by atoms with Gasteiger partial charge in [-0.3, -0.25) is 4.79 Å². The van der Waals surface area contributed by atoms with Crippen LogP contribution in [-0.2, 0) is 24.3 Å². The van der Waals surface area contributed by atoms with Gasteiger partial charge in [-0.05, 0) is 6.42 Å². The SMILES string of the molecule is CCC(SCO)C(=O)I.[Zn]. The molecule has 0 aromatic carbocycles. The largest absolute Gasteiger partial charge is 0.386 e. The molecule has 2 nitrogen and oxygen atoms in total. The standard InChI is InChI=1S/C5H9IO2S.Zn/c1-2-4(5(6)8)9-3-7;/h4,7H,2-3H2,1H3;. The molecule has 1 unspecified atom stereocenters. The van der Waals surface area contributed by atoms with Gasteiger partial charge in [0.15, 0.2) is 0 Å². The zero-order valence-electron chi connectivity index (χ0n) is 5.84. The van der Waals surface area contributed by atoms with Gasteiger partial charge in [-0.1, -0.05) is 6.92 Å². The Morgan fingerprint density at radius 3 is 2.40 bits per heavy atom. The van der Waals surface area contributed by atoms with Crippen LogP contribution in [0.3, 0.4) is 0 Å². The summed E-state index contributed by atoms with van der Waals surface area (Å²) in [5.41, 5.74) is 0. The smallest absolute Gasteiger partial charge is 0.205 e. The van der Waals surface area contributed by atoms with Gasteiger partial charge in [-0.25, -0.2) is 0 Å². The first kappa shape index (κ1) is 13.9. The molecular weight excluding hydrogens is 316 g/mol. The van der Waals surface area contributed by atoms with Crippen molar-refractivity contribution in [2.45, 2.75) is 18.6 Å². The number of carbonyl (C=O) groups is 1. The van der Waals surface area contributed by atoms with Crippen LogP contribution in [0.15, 0.2) is 0 Å². The van der Waals surface area contributed by atoms with Crippen molar-refractivity contribution < 1.29 is 29.4 Å². The monoisotopic (exact) mass is 324 g/mol. The van der Waals surface area contributed by atoms with Crippen molar-refractivity contribution in [2.24, 2.45) is 0 Å². The van der Waals surface area contributed by atoms with Crippen molar-refractivity contribution in [2.75, 3.05) is 5.94 Å². The molecule has 0 bridgehead atoms. The van der Waals surface area contributed by atoms with E-state index in [9.17, 15) is 4.79 Å². The minimum atomic E-state index is -0.0180. The molecule has 0 fully saturated rings. The number of rotatable bonds is 4. The Morgan fingerprint density at radius 1 is 1.80 bits per heavy atom. The number of carbonyl (C=O) groups excluding carboxylic acids is 1. The van der Waals surface area contributed by atoms with E-state index in [0.717, 1.165) is 6.42 Å². The molecule has 0 saturated carbocycles. The van der Waals surface area contributed by atoms with Gasteiger partial charge >= 0.3 is 0 Å². The van der Waals surface area contributed by atoms with E-state index >= 15 is 0 Å². The quantitative estimate of drug-likeness (QED) is 0.367. The van der Waals surface area contributed by atoms with Gasteiger partial charge in [0.2, 0.25) is 3.79 Å². The average Bonchev–Trinajstić information content (AvgIpc) is 1.82. The zero-order valence-corrected chi connectivity index (χ0v) is 11.8. The Kier molecular flexibility index (Phi) is 11.7. The van der Waals surface area contributed by atoms with Crippen LogP contribution >= 0.6 is 34.4 Å². The third-order valence-electron chi connectivity index (χ3n) is 0.900. The maximum atomic E-state index is 10.6. The fraction of sp³-hybridized carbons (Fsp3) is 0.800. The molecule has 1 N–H and O–H groups in total. The molecule has 0 rings (SSSR count).